The quantitative estimate of drug-likeness (QED) is 0.402. The van der Waals surface area contributed by atoms with Gasteiger partial charge in [-0.1, -0.05) is 48.5 Å². The lowest BCUT2D eigenvalue weighted by atomic mass is 10.1. The van der Waals surface area contributed by atoms with E-state index in [1.807, 2.05) is 68.4 Å². The number of benzene rings is 3. The lowest BCUT2D eigenvalue weighted by molar-refractivity contribution is -0.114. The van der Waals surface area contributed by atoms with Gasteiger partial charge in [0.05, 0.1) is 24.9 Å². The first-order valence-electron chi connectivity index (χ1n) is 10.7. The Kier molecular flexibility index (Phi) is 8.35. The maximum Gasteiger partial charge on any atom is 0.243 e. The molecule has 3 aromatic carbocycles. The SMILES string of the molecule is CC(C)Oc1ccccc1NC(=O)CNc1cccc(OCCCc2ccccc2)c1. The molecule has 1 amide bonds. The summed E-state index contributed by atoms with van der Waals surface area (Å²) in [6, 6.07) is 25.5. The Morgan fingerprint density at radius 1 is 0.935 bits per heavy atom. The topological polar surface area (TPSA) is 59.6 Å². The summed E-state index contributed by atoms with van der Waals surface area (Å²) in [6.45, 7) is 4.70. The molecule has 5 heteroatoms. The molecular formula is C26H30N2O3. The summed E-state index contributed by atoms with van der Waals surface area (Å²) in [5, 5.41) is 6.05. The zero-order valence-corrected chi connectivity index (χ0v) is 18.1. The lowest BCUT2D eigenvalue weighted by Crippen LogP contribution is -2.22. The molecule has 0 aliphatic rings. The van der Waals surface area contributed by atoms with Crippen LogP contribution in [0.1, 0.15) is 25.8 Å². The average molecular weight is 419 g/mol. The number of aryl methyl sites for hydroxylation is 1. The number of nitrogens with one attached hydrogen (secondary N) is 2. The monoisotopic (exact) mass is 418 g/mol. The van der Waals surface area contributed by atoms with Crippen molar-refractivity contribution in [3.8, 4) is 11.5 Å². The molecule has 3 aromatic rings. The van der Waals surface area contributed by atoms with Crippen LogP contribution < -0.4 is 20.1 Å². The first-order chi connectivity index (χ1) is 15.1. The number of amides is 1. The summed E-state index contributed by atoms with van der Waals surface area (Å²) in [6.07, 6.45) is 1.97. The van der Waals surface area contributed by atoms with Crippen molar-refractivity contribution in [1.29, 1.82) is 0 Å². The van der Waals surface area contributed by atoms with Gasteiger partial charge in [0.15, 0.2) is 0 Å². The fourth-order valence-electron chi connectivity index (χ4n) is 3.11. The van der Waals surface area contributed by atoms with Crippen molar-refractivity contribution in [3.63, 3.8) is 0 Å². The summed E-state index contributed by atoms with van der Waals surface area (Å²) < 4.78 is 11.6. The Morgan fingerprint density at radius 3 is 2.52 bits per heavy atom. The van der Waals surface area contributed by atoms with Crippen LogP contribution >= 0.6 is 0 Å². The van der Waals surface area contributed by atoms with Crippen LogP contribution in [-0.2, 0) is 11.2 Å². The molecule has 0 fully saturated rings. The molecule has 0 atom stereocenters. The fourth-order valence-corrected chi connectivity index (χ4v) is 3.11. The van der Waals surface area contributed by atoms with Gasteiger partial charge in [-0.3, -0.25) is 4.79 Å². The van der Waals surface area contributed by atoms with Gasteiger partial charge in [0.2, 0.25) is 5.91 Å². The van der Waals surface area contributed by atoms with Gasteiger partial charge in [0.1, 0.15) is 11.5 Å². The molecule has 0 saturated heterocycles. The van der Waals surface area contributed by atoms with Gasteiger partial charge in [0.25, 0.3) is 0 Å². The highest BCUT2D eigenvalue weighted by Crippen LogP contribution is 2.25. The van der Waals surface area contributed by atoms with Crippen LogP contribution in [0.2, 0.25) is 0 Å². The Labute approximate surface area is 184 Å². The number of para-hydroxylation sites is 2. The van der Waals surface area contributed by atoms with E-state index in [1.54, 1.807) is 0 Å². The maximum atomic E-state index is 12.4. The third-order valence-corrected chi connectivity index (χ3v) is 4.53. The standard InChI is InChI=1S/C26H30N2O3/c1-20(2)31-25-16-7-6-15-24(25)28-26(29)19-27-22-13-8-14-23(18-22)30-17-9-12-21-10-4-3-5-11-21/h3-8,10-11,13-16,18,20,27H,9,12,17,19H2,1-2H3,(H,28,29). The predicted octanol–water partition coefficient (Wildman–Crippen LogP) is 5.54. The Bertz CT molecular complexity index is 958. The van der Waals surface area contributed by atoms with Crippen molar-refractivity contribution in [2.24, 2.45) is 0 Å². The van der Waals surface area contributed by atoms with Crippen LogP contribution in [0.4, 0.5) is 11.4 Å². The molecule has 0 aromatic heterocycles. The van der Waals surface area contributed by atoms with E-state index in [0.717, 1.165) is 24.3 Å². The minimum Gasteiger partial charge on any atom is -0.494 e. The largest absolute Gasteiger partial charge is 0.494 e. The fraction of sp³-hybridized carbons (Fsp3) is 0.269. The second kappa shape index (κ2) is 11.6. The van der Waals surface area contributed by atoms with Gasteiger partial charge in [-0.15, -0.1) is 0 Å². The molecule has 0 bridgehead atoms. The van der Waals surface area contributed by atoms with Crippen LogP contribution in [0.15, 0.2) is 78.9 Å². The summed E-state index contributed by atoms with van der Waals surface area (Å²) in [5.74, 6) is 1.31. The summed E-state index contributed by atoms with van der Waals surface area (Å²) >= 11 is 0. The van der Waals surface area contributed by atoms with Gasteiger partial charge >= 0.3 is 0 Å². The smallest absolute Gasteiger partial charge is 0.243 e. The van der Waals surface area contributed by atoms with E-state index in [-0.39, 0.29) is 18.6 Å². The maximum absolute atomic E-state index is 12.4. The van der Waals surface area contributed by atoms with Crippen molar-refractivity contribution in [3.05, 3.63) is 84.4 Å². The van der Waals surface area contributed by atoms with Gasteiger partial charge < -0.3 is 20.1 Å². The number of carbonyl (C=O) groups excluding carboxylic acids is 1. The van der Waals surface area contributed by atoms with Crippen molar-refractivity contribution in [2.75, 3.05) is 23.8 Å². The molecule has 3 rings (SSSR count). The Morgan fingerprint density at radius 2 is 1.71 bits per heavy atom. The Balaban J connectivity index is 1.45. The number of carbonyl (C=O) groups is 1. The molecule has 162 valence electrons. The molecule has 0 heterocycles. The highest BCUT2D eigenvalue weighted by Gasteiger charge is 2.09. The molecular weight excluding hydrogens is 388 g/mol. The predicted molar refractivity (Wildman–Crippen MR) is 126 cm³/mol. The van der Waals surface area contributed by atoms with Crippen LogP contribution in [0, 0.1) is 0 Å². The molecule has 5 nitrogen and oxygen atoms in total. The lowest BCUT2D eigenvalue weighted by Gasteiger charge is -2.15. The van der Waals surface area contributed by atoms with Gasteiger partial charge in [-0.25, -0.2) is 0 Å². The Hall–Kier alpha value is -3.47. The summed E-state index contributed by atoms with van der Waals surface area (Å²) in [4.78, 5) is 12.4. The van der Waals surface area contributed by atoms with Crippen LogP contribution in [0.3, 0.4) is 0 Å². The van der Waals surface area contributed by atoms with E-state index >= 15 is 0 Å². The first-order valence-corrected chi connectivity index (χ1v) is 10.7. The summed E-state index contributed by atoms with van der Waals surface area (Å²) in [7, 11) is 0. The zero-order chi connectivity index (χ0) is 21.9. The number of anilines is 2. The first kappa shape index (κ1) is 22.2. The van der Waals surface area contributed by atoms with Gasteiger partial charge in [-0.05, 0) is 56.5 Å². The highest BCUT2D eigenvalue weighted by atomic mass is 16.5. The number of rotatable bonds is 11. The number of hydrogen-bond donors (Lipinski definition) is 2. The van der Waals surface area contributed by atoms with E-state index in [0.29, 0.717) is 18.0 Å². The van der Waals surface area contributed by atoms with Crippen molar-refractivity contribution in [2.45, 2.75) is 32.8 Å². The van der Waals surface area contributed by atoms with Gasteiger partial charge in [-0.2, -0.15) is 0 Å². The molecule has 2 N–H and O–H groups in total. The van der Waals surface area contributed by atoms with E-state index in [4.69, 9.17) is 9.47 Å². The summed E-state index contributed by atoms with van der Waals surface area (Å²) in [5.41, 5.74) is 2.81. The molecule has 0 saturated carbocycles. The zero-order valence-electron chi connectivity index (χ0n) is 18.1. The highest BCUT2D eigenvalue weighted by molar-refractivity contribution is 5.95. The van der Waals surface area contributed by atoms with Crippen molar-refractivity contribution < 1.29 is 14.3 Å². The second-order valence-corrected chi connectivity index (χ2v) is 7.53. The van der Waals surface area contributed by atoms with E-state index in [9.17, 15) is 4.79 Å². The van der Waals surface area contributed by atoms with E-state index < -0.39 is 0 Å². The van der Waals surface area contributed by atoms with Crippen LogP contribution in [0.5, 0.6) is 11.5 Å². The van der Waals surface area contributed by atoms with E-state index in [1.165, 1.54) is 5.56 Å². The number of hydrogen-bond acceptors (Lipinski definition) is 4. The molecule has 0 spiro atoms. The average Bonchev–Trinajstić information content (AvgIpc) is 2.77. The molecule has 0 unspecified atom stereocenters. The molecule has 0 aliphatic heterocycles. The van der Waals surface area contributed by atoms with Crippen LogP contribution in [-0.4, -0.2) is 25.2 Å². The van der Waals surface area contributed by atoms with Crippen molar-refractivity contribution >= 4 is 17.3 Å². The third kappa shape index (κ3) is 7.70. The molecule has 0 aliphatic carbocycles. The van der Waals surface area contributed by atoms with Crippen LogP contribution in [0.25, 0.3) is 0 Å². The third-order valence-electron chi connectivity index (χ3n) is 4.53. The van der Waals surface area contributed by atoms with Gasteiger partial charge in [0, 0.05) is 11.8 Å². The molecule has 0 radical (unpaired) electrons. The normalized spacial score (nSPS) is 10.5. The minimum absolute atomic E-state index is 0.0339. The van der Waals surface area contributed by atoms with Crippen molar-refractivity contribution in [1.82, 2.24) is 0 Å². The van der Waals surface area contributed by atoms with E-state index in [2.05, 4.69) is 34.9 Å². The minimum atomic E-state index is -0.144. The second-order valence-electron chi connectivity index (χ2n) is 7.53. The molecule has 31 heavy (non-hydrogen) atoms. The number of ether oxygens (including phenoxy) is 2.